The molecule has 0 aliphatic carbocycles. The predicted molar refractivity (Wildman–Crippen MR) is 83.5 cm³/mol. The van der Waals surface area contributed by atoms with Crippen LogP contribution in [-0.4, -0.2) is 7.05 Å². The zero-order valence-corrected chi connectivity index (χ0v) is 12.5. The van der Waals surface area contributed by atoms with Crippen LogP contribution in [0, 0.1) is 0 Å². The van der Waals surface area contributed by atoms with Crippen molar-refractivity contribution in [2.75, 3.05) is 7.05 Å². The van der Waals surface area contributed by atoms with Crippen LogP contribution in [0.25, 0.3) is 0 Å². The first-order valence-electron chi connectivity index (χ1n) is 6.59. The van der Waals surface area contributed by atoms with Gasteiger partial charge < -0.3 is 5.32 Å². The summed E-state index contributed by atoms with van der Waals surface area (Å²) in [5.74, 6) is 0. The molecule has 0 unspecified atom stereocenters. The van der Waals surface area contributed by atoms with Gasteiger partial charge in [0.05, 0.1) is 0 Å². The van der Waals surface area contributed by atoms with Gasteiger partial charge in [0.15, 0.2) is 0 Å². The van der Waals surface area contributed by atoms with Crippen LogP contribution in [0.15, 0.2) is 59.4 Å². The van der Waals surface area contributed by atoms with Gasteiger partial charge in [0.25, 0.3) is 0 Å². The minimum Gasteiger partial charge on any atom is -0.392 e. The van der Waals surface area contributed by atoms with Crippen molar-refractivity contribution in [2.24, 2.45) is 0 Å². The first kappa shape index (κ1) is 16.5. The quantitative estimate of drug-likeness (QED) is 0.496. The van der Waals surface area contributed by atoms with Crippen molar-refractivity contribution >= 4 is 0 Å². The van der Waals surface area contributed by atoms with Gasteiger partial charge in [-0.3, -0.25) is 0 Å². The second kappa shape index (κ2) is 9.52. The van der Waals surface area contributed by atoms with Crippen molar-refractivity contribution in [3.8, 4) is 0 Å². The van der Waals surface area contributed by atoms with Crippen LogP contribution >= 0.6 is 0 Å². The minimum atomic E-state index is 0.988. The van der Waals surface area contributed by atoms with E-state index < -0.39 is 0 Å². The topological polar surface area (TPSA) is 12.0 Å². The Kier molecular flexibility index (Phi) is 8.73. The summed E-state index contributed by atoms with van der Waals surface area (Å²) in [4.78, 5) is 0. The molecule has 100 valence electrons. The van der Waals surface area contributed by atoms with E-state index in [9.17, 15) is 0 Å². The summed E-state index contributed by atoms with van der Waals surface area (Å²) in [6, 6.07) is 0. The number of rotatable bonds is 7. The molecule has 0 aromatic heterocycles. The summed E-state index contributed by atoms with van der Waals surface area (Å²) < 4.78 is 0. The highest BCUT2D eigenvalue weighted by atomic mass is 14.8. The molecule has 0 aliphatic heterocycles. The molecule has 0 aromatic carbocycles. The highest BCUT2D eigenvalue weighted by Gasteiger charge is 1.98. The molecule has 0 saturated heterocycles. The summed E-state index contributed by atoms with van der Waals surface area (Å²) in [6.45, 7) is 12.3. The first-order chi connectivity index (χ1) is 8.58. The summed E-state index contributed by atoms with van der Waals surface area (Å²) >= 11 is 0. The molecule has 0 aliphatic rings. The van der Waals surface area contributed by atoms with E-state index in [1.165, 1.54) is 16.7 Å². The average molecular weight is 245 g/mol. The van der Waals surface area contributed by atoms with Gasteiger partial charge in [-0.1, -0.05) is 43.4 Å². The highest BCUT2D eigenvalue weighted by Crippen LogP contribution is 2.17. The van der Waals surface area contributed by atoms with Crippen molar-refractivity contribution in [3.05, 3.63) is 59.4 Å². The molecular weight excluding hydrogens is 218 g/mol. The first-order valence-corrected chi connectivity index (χ1v) is 6.59. The highest BCUT2D eigenvalue weighted by molar-refractivity contribution is 5.46. The second-order valence-electron chi connectivity index (χ2n) is 4.35. The Morgan fingerprint density at radius 2 is 1.83 bits per heavy atom. The number of allylic oxidation sites excluding steroid dienone is 9. The molecule has 1 nitrogen and oxygen atoms in total. The van der Waals surface area contributed by atoms with E-state index in [4.69, 9.17) is 0 Å². The third-order valence-electron chi connectivity index (χ3n) is 2.83. The zero-order valence-electron chi connectivity index (χ0n) is 12.5. The molecular formula is C17H27N. The molecule has 0 aromatic rings. The van der Waals surface area contributed by atoms with Crippen LogP contribution in [0.1, 0.15) is 40.5 Å². The normalized spacial score (nSPS) is 14.7. The number of hydrogen-bond donors (Lipinski definition) is 1. The van der Waals surface area contributed by atoms with Gasteiger partial charge in [-0.2, -0.15) is 0 Å². The third kappa shape index (κ3) is 6.29. The maximum atomic E-state index is 3.88. The van der Waals surface area contributed by atoms with Gasteiger partial charge in [0, 0.05) is 12.7 Å². The maximum absolute atomic E-state index is 3.88. The van der Waals surface area contributed by atoms with Gasteiger partial charge in [-0.05, 0) is 50.8 Å². The van der Waals surface area contributed by atoms with Gasteiger partial charge in [0.2, 0.25) is 0 Å². The molecule has 0 atom stereocenters. The smallest absolute Gasteiger partial charge is 0.00785 e. The fourth-order valence-corrected chi connectivity index (χ4v) is 1.67. The Morgan fingerprint density at radius 3 is 2.28 bits per heavy atom. The van der Waals surface area contributed by atoms with Crippen molar-refractivity contribution < 1.29 is 0 Å². The molecule has 1 heteroatoms. The third-order valence-corrected chi connectivity index (χ3v) is 2.83. The Balaban J connectivity index is 5.16. The number of hydrogen-bond acceptors (Lipinski definition) is 1. The summed E-state index contributed by atoms with van der Waals surface area (Å²) in [5, 5.41) is 3.16. The van der Waals surface area contributed by atoms with Crippen molar-refractivity contribution in [2.45, 2.75) is 40.5 Å². The lowest BCUT2D eigenvalue weighted by molar-refractivity contribution is 0.986. The van der Waals surface area contributed by atoms with E-state index in [1.807, 2.05) is 20.0 Å². The summed E-state index contributed by atoms with van der Waals surface area (Å²) in [7, 11) is 1.94. The van der Waals surface area contributed by atoms with E-state index in [0.29, 0.717) is 0 Å². The van der Waals surface area contributed by atoms with E-state index in [0.717, 1.165) is 18.5 Å². The Hall–Kier alpha value is -1.50. The van der Waals surface area contributed by atoms with Gasteiger partial charge in [0.1, 0.15) is 0 Å². The van der Waals surface area contributed by atoms with Crippen LogP contribution in [0.4, 0.5) is 0 Å². The predicted octanol–water partition coefficient (Wildman–Crippen LogP) is 4.91. The maximum Gasteiger partial charge on any atom is 0.00785 e. The van der Waals surface area contributed by atoms with Gasteiger partial charge in [-0.15, -0.1) is 0 Å². The largest absolute Gasteiger partial charge is 0.392 e. The summed E-state index contributed by atoms with van der Waals surface area (Å²) in [5.41, 5.74) is 4.96. The van der Waals surface area contributed by atoms with E-state index >= 15 is 0 Å². The lowest BCUT2D eigenvalue weighted by Gasteiger charge is -2.07. The number of nitrogens with one attached hydrogen (secondary N) is 1. The summed E-state index contributed by atoms with van der Waals surface area (Å²) in [6.07, 6.45) is 12.8. The lowest BCUT2D eigenvalue weighted by atomic mass is 10.0. The van der Waals surface area contributed by atoms with Crippen molar-refractivity contribution in [3.63, 3.8) is 0 Å². The van der Waals surface area contributed by atoms with Crippen LogP contribution in [-0.2, 0) is 0 Å². The second-order valence-corrected chi connectivity index (χ2v) is 4.35. The monoisotopic (exact) mass is 245 g/mol. The van der Waals surface area contributed by atoms with Crippen LogP contribution in [0.5, 0.6) is 0 Å². The minimum absolute atomic E-state index is 0.988. The Morgan fingerprint density at radius 1 is 1.17 bits per heavy atom. The standard InChI is InChI=1S/C17H27N/c1-7-10-14(4)11-12-17(13-15(5)18-6)16(8-2)9-3/h8-10,12-13,18H,2,7,11H2,1,3-6H3/b14-10+,15-13+,16-9-,17-12-. The zero-order chi connectivity index (χ0) is 14.0. The molecule has 0 bridgehead atoms. The molecule has 0 heterocycles. The molecule has 0 radical (unpaired) electrons. The molecule has 0 amide bonds. The van der Waals surface area contributed by atoms with Gasteiger partial charge >= 0.3 is 0 Å². The van der Waals surface area contributed by atoms with E-state index in [1.54, 1.807) is 0 Å². The molecule has 0 fully saturated rings. The molecule has 1 N–H and O–H groups in total. The van der Waals surface area contributed by atoms with E-state index in [-0.39, 0.29) is 0 Å². The van der Waals surface area contributed by atoms with E-state index in [2.05, 4.69) is 57.0 Å². The van der Waals surface area contributed by atoms with Crippen LogP contribution in [0.2, 0.25) is 0 Å². The van der Waals surface area contributed by atoms with Crippen LogP contribution < -0.4 is 5.32 Å². The van der Waals surface area contributed by atoms with Gasteiger partial charge in [-0.25, -0.2) is 0 Å². The molecule has 0 saturated carbocycles. The lowest BCUT2D eigenvalue weighted by Crippen LogP contribution is -2.02. The Labute approximate surface area is 113 Å². The molecule has 18 heavy (non-hydrogen) atoms. The SMILES string of the molecule is C=CC(=C/C)/C(=C\C/C(C)=C/CC)/C=C(\C)NC. The fourth-order valence-electron chi connectivity index (χ4n) is 1.67. The molecule has 0 spiro atoms. The van der Waals surface area contributed by atoms with Crippen LogP contribution in [0.3, 0.4) is 0 Å². The van der Waals surface area contributed by atoms with Crippen molar-refractivity contribution in [1.82, 2.24) is 5.32 Å². The fraction of sp³-hybridized carbons (Fsp3) is 0.412. The molecule has 0 rings (SSSR count). The van der Waals surface area contributed by atoms with Crippen molar-refractivity contribution in [1.29, 1.82) is 0 Å². The average Bonchev–Trinajstić information content (AvgIpc) is 2.37. The Bertz CT molecular complexity index is 378.